The van der Waals surface area contributed by atoms with E-state index in [2.05, 4.69) is 14.3 Å². The Morgan fingerprint density at radius 2 is 1.76 bits per heavy atom. The Hall–Kier alpha value is -2.12. The molecule has 8 heteroatoms. The van der Waals surface area contributed by atoms with Gasteiger partial charge in [0, 0.05) is 12.8 Å². The van der Waals surface area contributed by atoms with Crippen LogP contribution in [0.3, 0.4) is 0 Å². The van der Waals surface area contributed by atoms with Gasteiger partial charge in [0.1, 0.15) is 0 Å². The summed E-state index contributed by atoms with van der Waals surface area (Å²) in [5.41, 5.74) is 0. The zero-order chi connectivity index (χ0) is 12.8. The Morgan fingerprint density at radius 3 is 2.29 bits per heavy atom. The fourth-order valence-corrected chi connectivity index (χ4v) is 1.08. The lowest BCUT2D eigenvalue weighted by atomic mass is 10.4. The number of amides is 2. The van der Waals surface area contributed by atoms with Crippen LogP contribution in [0, 0.1) is 0 Å². The quantitative estimate of drug-likeness (QED) is 0.498. The molecule has 8 nitrogen and oxygen atoms in total. The van der Waals surface area contributed by atoms with Gasteiger partial charge in [-0.15, -0.1) is 0 Å². The predicted molar refractivity (Wildman–Crippen MR) is 50.2 cm³/mol. The van der Waals surface area contributed by atoms with Crippen LogP contribution >= 0.6 is 0 Å². The molecule has 0 N–H and O–H groups in total. The number of carbonyl (C=O) groups excluding carboxylic acids is 4. The molecule has 1 aliphatic heterocycles. The Balaban J connectivity index is 2.32. The van der Waals surface area contributed by atoms with Gasteiger partial charge in [0.05, 0.1) is 6.61 Å². The van der Waals surface area contributed by atoms with Crippen molar-refractivity contribution < 1.29 is 33.5 Å². The number of imide groups is 1. The summed E-state index contributed by atoms with van der Waals surface area (Å²) in [7, 11) is 0. The van der Waals surface area contributed by atoms with Crippen molar-refractivity contribution in [2.45, 2.75) is 19.8 Å². The van der Waals surface area contributed by atoms with E-state index in [1.54, 1.807) is 6.92 Å². The molecule has 0 unspecified atom stereocenters. The summed E-state index contributed by atoms with van der Waals surface area (Å²) < 4.78 is 8.82. The highest BCUT2D eigenvalue weighted by atomic mass is 16.8. The van der Waals surface area contributed by atoms with E-state index in [9.17, 15) is 19.2 Å². The first-order valence-electron chi connectivity index (χ1n) is 4.90. The van der Waals surface area contributed by atoms with E-state index in [0.29, 0.717) is 5.06 Å². The second-order valence-electron chi connectivity index (χ2n) is 3.02. The molecule has 0 aromatic heterocycles. The summed E-state index contributed by atoms with van der Waals surface area (Å²) in [5.74, 6) is -1.99. The minimum atomic E-state index is -1.30. The molecule has 0 saturated carbocycles. The normalized spacial score (nSPS) is 14.8. The van der Waals surface area contributed by atoms with Crippen LogP contribution in [0.1, 0.15) is 19.8 Å². The Kier molecular flexibility index (Phi) is 4.44. The van der Waals surface area contributed by atoms with Crippen molar-refractivity contribution in [2.75, 3.05) is 13.2 Å². The van der Waals surface area contributed by atoms with Crippen molar-refractivity contribution >= 4 is 23.9 Å². The molecule has 94 valence electrons. The van der Waals surface area contributed by atoms with Crippen molar-refractivity contribution in [2.24, 2.45) is 0 Å². The third kappa shape index (κ3) is 3.74. The molecule has 0 aliphatic carbocycles. The zero-order valence-corrected chi connectivity index (χ0v) is 9.13. The first-order chi connectivity index (χ1) is 8.04. The molecular weight excluding hydrogens is 234 g/mol. The topological polar surface area (TPSA) is 99.2 Å². The van der Waals surface area contributed by atoms with E-state index in [1.165, 1.54) is 0 Å². The Labute approximate surface area is 96.4 Å². The lowest BCUT2D eigenvalue weighted by Gasteiger charge is -2.11. The number of nitrogens with zero attached hydrogens (tertiary/aromatic N) is 1. The molecule has 0 radical (unpaired) electrons. The molecule has 0 spiro atoms. The standard InChI is InChI=1S/C9H11NO7/c1-2-15-8(13)5-16-9(14)17-10-6(11)3-4-7(10)12/h2-5H2,1H3. The van der Waals surface area contributed by atoms with Gasteiger partial charge in [-0.1, -0.05) is 5.06 Å². The minimum Gasteiger partial charge on any atom is -0.463 e. The van der Waals surface area contributed by atoms with Gasteiger partial charge in [0.2, 0.25) is 0 Å². The molecule has 0 atom stereocenters. The maximum absolute atomic E-state index is 11.0. The Bertz CT molecular complexity index is 335. The van der Waals surface area contributed by atoms with Crippen molar-refractivity contribution in [3.8, 4) is 0 Å². The number of hydrogen-bond donors (Lipinski definition) is 0. The molecule has 1 saturated heterocycles. The molecule has 0 bridgehead atoms. The smallest absolute Gasteiger partial charge is 0.463 e. The summed E-state index contributed by atoms with van der Waals surface area (Å²) in [6.07, 6.45) is -1.32. The number of esters is 1. The molecule has 17 heavy (non-hydrogen) atoms. The second kappa shape index (κ2) is 5.83. The zero-order valence-electron chi connectivity index (χ0n) is 9.13. The summed E-state index contributed by atoms with van der Waals surface area (Å²) in [6.45, 7) is 1.11. The van der Waals surface area contributed by atoms with Crippen molar-refractivity contribution in [1.29, 1.82) is 0 Å². The van der Waals surface area contributed by atoms with Crippen molar-refractivity contribution in [1.82, 2.24) is 5.06 Å². The van der Waals surface area contributed by atoms with Crippen molar-refractivity contribution in [3.63, 3.8) is 0 Å². The highest BCUT2D eigenvalue weighted by Gasteiger charge is 2.33. The molecule has 1 heterocycles. The van der Waals surface area contributed by atoms with Crippen LogP contribution in [0.4, 0.5) is 4.79 Å². The monoisotopic (exact) mass is 245 g/mol. The van der Waals surface area contributed by atoms with Gasteiger partial charge in [-0.25, -0.2) is 9.59 Å². The fourth-order valence-electron chi connectivity index (χ4n) is 1.08. The van der Waals surface area contributed by atoms with Gasteiger partial charge in [-0.2, -0.15) is 0 Å². The summed E-state index contributed by atoms with van der Waals surface area (Å²) >= 11 is 0. The summed E-state index contributed by atoms with van der Waals surface area (Å²) in [4.78, 5) is 48.2. The van der Waals surface area contributed by atoms with E-state index in [4.69, 9.17) is 0 Å². The first kappa shape index (κ1) is 12.9. The van der Waals surface area contributed by atoms with Gasteiger partial charge in [0.15, 0.2) is 6.61 Å². The maximum atomic E-state index is 11.0. The van der Waals surface area contributed by atoms with E-state index in [-0.39, 0.29) is 19.4 Å². The lowest BCUT2D eigenvalue weighted by molar-refractivity contribution is -0.177. The maximum Gasteiger partial charge on any atom is 0.534 e. The SMILES string of the molecule is CCOC(=O)COC(=O)ON1C(=O)CCC1=O. The van der Waals surface area contributed by atoms with Crippen LogP contribution in [0.25, 0.3) is 0 Å². The van der Waals surface area contributed by atoms with Crippen LogP contribution in [-0.4, -0.2) is 42.2 Å². The average Bonchev–Trinajstić information content (AvgIpc) is 2.58. The van der Waals surface area contributed by atoms with Gasteiger partial charge in [-0.3, -0.25) is 14.4 Å². The van der Waals surface area contributed by atoms with E-state index < -0.39 is 30.5 Å². The minimum absolute atomic E-state index is 0.00993. The molecule has 0 aromatic rings. The number of rotatable bonds is 4. The second-order valence-corrected chi connectivity index (χ2v) is 3.02. The molecular formula is C9H11NO7. The molecule has 1 rings (SSSR count). The van der Waals surface area contributed by atoms with Crippen molar-refractivity contribution in [3.05, 3.63) is 0 Å². The average molecular weight is 245 g/mol. The number of carbonyl (C=O) groups is 4. The van der Waals surface area contributed by atoms with Gasteiger partial charge in [-0.05, 0) is 6.92 Å². The fraction of sp³-hybridized carbons (Fsp3) is 0.556. The molecule has 1 aliphatic rings. The van der Waals surface area contributed by atoms with Gasteiger partial charge >= 0.3 is 12.1 Å². The summed E-state index contributed by atoms with van der Waals surface area (Å²) in [5, 5.41) is 0.327. The number of hydrogen-bond acceptors (Lipinski definition) is 7. The number of ether oxygens (including phenoxy) is 2. The molecule has 2 amide bonds. The van der Waals surface area contributed by atoms with E-state index in [0.717, 1.165) is 0 Å². The predicted octanol–water partition coefficient (Wildman–Crippen LogP) is -0.233. The third-order valence-corrected chi connectivity index (χ3v) is 1.78. The largest absolute Gasteiger partial charge is 0.534 e. The first-order valence-corrected chi connectivity index (χ1v) is 4.90. The van der Waals surface area contributed by atoms with E-state index in [1.807, 2.05) is 0 Å². The van der Waals surface area contributed by atoms with Crippen LogP contribution in [0.2, 0.25) is 0 Å². The number of hydroxylamine groups is 2. The van der Waals surface area contributed by atoms with Crippen LogP contribution < -0.4 is 0 Å². The third-order valence-electron chi connectivity index (χ3n) is 1.78. The molecule has 1 fully saturated rings. The molecule has 0 aromatic carbocycles. The van der Waals surface area contributed by atoms with Crippen LogP contribution in [0.15, 0.2) is 0 Å². The summed E-state index contributed by atoms with van der Waals surface area (Å²) in [6, 6.07) is 0. The highest BCUT2D eigenvalue weighted by Crippen LogP contribution is 2.12. The lowest BCUT2D eigenvalue weighted by Crippen LogP contribution is -2.33. The Morgan fingerprint density at radius 1 is 1.18 bits per heavy atom. The van der Waals surface area contributed by atoms with Gasteiger partial charge < -0.3 is 9.47 Å². The van der Waals surface area contributed by atoms with Crippen LogP contribution in [0.5, 0.6) is 0 Å². The van der Waals surface area contributed by atoms with Gasteiger partial charge in [0.25, 0.3) is 11.8 Å². The van der Waals surface area contributed by atoms with Crippen LogP contribution in [-0.2, 0) is 28.7 Å². The van der Waals surface area contributed by atoms with E-state index >= 15 is 0 Å². The highest BCUT2D eigenvalue weighted by molar-refractivity contribution is 6.01.